The van der Waals surface area contributed by atoms with Crippen LogP contribution in [0.25, 0.3) is 0 Å². The summed E-state index contributed by atoms with van der Waals surface area (Å²) in [6, 6.07) is 7.22. The molecule has 0 saturated heterocycles. The lowest BCUT2D eigenvalue weighted by molar-refractivity contribution is -0.129. The van der Waals surface area contributed by atoms with Gasteiger partial charge in [-0.25, -0.2) is 4.79 Å². The molecule has 1 aliphatic rings. The highest BCUT2D eigenvalue weighted by Gasteiger charge is 2.26. The minimum absolute atomic E-state index is 0.0448. The third kappa shape index (κ3) is 3.34. The molecular formula is C15H19NO3. The van der Waals surface area contributed by atoms with Crippen molar-refractivity contribution in [3.8, 4) is 0 Å². The van der Waals surface area contributed by atoms with Gasteiger partial charge in [0.2, 0.25) is 0 Å². The summed E-state index contributed by atoms with van der Waals surface area (Å²) in [6.07, 6.45) is 2.47. The van der Waals surface area contributed by atoms with Crippen molar-refractivity contribution in [2.45, 2.75) is 31.8 Å². The van der Waals surface area contributed by atoms with Gasteiger partial charge in [0, 0.05) is 26.2 Å². The van der Waals surface area contributed by atoms with Gasteiger partial charge in [-0.05, 0) is 37.5 Å². The molecule has 102 valence electrons. The molecular weight excluding hydrogens is 242 g/mol. The minimum atomic E-state index is -0.552. The van der Waals surface area contributed by atoms with E-state index in [1.54, 1.807) is 12.1 Å². The Morgan fingerprint density at radius 3 is 2.79 bits per heavy atom. The van der Waals surface area contributed by atoms with Crippen LogP contribution in [0.1, 0.15) is 36.0 Å². The first-order valence-corrected chi connectivity index (χ1v) is 6.59. The lowest BCUT2D eigenvalue weighted by atomic mass is 9.96. The Balaban J connectivity index is 2.07. The molecule has 19 heavy (non-hydrogen) atoms. The molecule has 0 heterocycles. The number of hydrogen-bond acceptors (Lipinski definition) is 4. The molecule has 1 aromatic rings. The van der Waals surface area contributed by atoms with E-state index in [2.05, 4.69) is 0 Å². The van der Waals surface area contributed by atoms with Gasteiger partial charge >= 0.3 is 5.97 Å². The third-order valence-corrected chi connectivity index (χ3v) is 3.35. The van der Waals surface area contributed by atoms with Gasteiger partial charge in [0.05, 0.1) is 5.56 Å². The van der Waals surface area contributed by atoms with E-state index >= 15 is 0 Å². The number of Topliss-reactive ketones (excluding diaryl/α,β-unsaturated/α-hetero) is 1. The van der Waals surface area contributed by atoms with E-state index in [1.807, 2.05) is 31.1 Å². The molecule has 2 rings (SSSR count). The second-order valence-corrected chi connectivity index (χ2v) is 5.05. The molecule has 0 radical (unpaired) electrons. The summed E-state index contributed by atoms with van der Waals surface area (Å²) in [5, 5.41) is 0. The standard InChI is InChI=1S/C15H19NO3/c1-16(2)12-7-5-6-11(10-12)15(18)19-14-9-4-3-8-13(14)17/h5-7,10,14H,3-4,8-9H2,1-2H3. The van der Waals surface area contributed by atoms with Gasteiger partial charge < -0.3 is 9.64 Å². The fourth-order valence-electron chi connectivity index (χ4n) is 2.18. The van der Waals surface area contributed by atoms with Crippen molar-refractivity contribution in [3.63, 3.8) is 0 Å². The van der Waals surface area contributed by atoms with Crippen molar-refractivity contribution < 1.29 is 14.3 Å². The molecule has 1 unspecified atom stereocenters. The fraction of sp³-hybridized carbons (Fsp3) is 0.467. The van der Waals surface area contributed by atoms with E-state index in [0.29, 0.717) is 18.4 Å². The van der Waals surface area contributed by atoms with Gasteiger partial charge in [0.1, 0.15) is 0 Å². The van der Waals surface area contributed by atoms with Crippen LogP contribution in [0.15, 0.2) is 24.3 Å². The predicted molar refractivity (Wildman–Crippen MR) is 73.4 cm³/mol. The molecule has 0 spiro atoms. The van der Waals surface area contributed by atoms with E-state index in [0.717, 1.165) is 18.5 Å². The maximum absolute atomic E-state index is 12.0. The van der Waals surface area contributed by atoms with Crippen LogP contribution in [0.4, 0.5) is 5.69 Å². The smallest absolute Gasteiger partial charge is 0.338 e. The number of benzene rings is 1. The van der Waals surface area contributed by atoms with Crippen LogP contribution in [0.5, 0.6) is 0 Å². The van der Waals surface area contributed by atoms with Crippen LogP contribution < -0.4 is 4.90 Å². The van der Waals surface area contributed by atoms with Crippen LogP contribution in [0, 0.1) is 0 Å². The molecule has 0 aliphatic heterocycles. The van der Waals surface area contributed by atoms with Crippen LogP contribution in [-0.2, 0) is 9.53 Å². The monoisotopic (exact) mass is 261 g/mol. The number of carbonyl (C=O) groups excluding carboxylic acids is 2. The van der Waals surface area contributed by atoms with Crippen molar-refractivity contribution in [3.05, 3.63) is 29.8 Å². The van der Waals surface area contributed by atoms with Gasteiger partial charge in [-0.15, -0.1) is 0 Å². The minimum Gasteiger partial charge on any atom is -0.451 e. The van der Waals surface area contributed by atoms with E-state index in [9.17, 15) is 9.59 Å². The van der Waals surface area contributed by atoms with Gasteiger partial charge in [0.25, 0.3) is 0 Å². The zero-order valence-corrected chi connectivity index (χ0v) is 11.4. The number of ether oxygens (including phenoxy) is 1. The summed E-state index contributed by atoms with van der Waals surface area (Å²) in [7, 11) is 3.82. The zero-order chi connectivity index (χ0) is 13.8. The molecule has 1 aliphatic carbocycles. The topological polar surface area (TPSA) is 46.6 Å². The highest BCUT2D eigenvalue weighted by atomic mass is 16.5. The van der Waals surface area contributed by atoms with E-state index in [4.69, 9.17) is 4.74 Å². The molecule has 4 heteroatoms. The number of nitrogens with zero attached hydrogens (tertiary/aromatic N) is 1. The maximum atomic E-state index is 12.0. The van der Waals surface area contributed by atoms with Crippen molar-refractivity contribution >= 4 is 17.4 Å². The molecule has 1 aromatic carbocycles. The molecule has 0 bridgehead atoms. The molecule has 0 N–H and O–H groups in total. The highest BCUT2D eigenvalue weighted by Crippen LogP contribution is 2.20. The molecule has 0 aromatic heterocycles. The number of ketones is 1. The fourth-order valence-corrected chi connectivity index (χ4v) is 2.18. The average Bonchev–Trinajstić information content (AvgIpc) is 2.41. The molecule has 1 fully saturated rings. The normalized spacial score (nSPS) is 19.1. The Kier molecular flexibility index (Phi) is 4.20. The van der Waals surface area contributed by atoms with Crippen molar-refractivity contribution in [2.24, 2.45) is 0 Å². The maximum Gasteiger partial charge on any atom is 0.338 e. The lowest BCUT2D eigenvalue weighted by Gasteiger charge is -2.21. The number of carbonyl (C=O) groups is 2. The second-order valence-electron chi connectivity index (χ2n) is 5.05. The van der Waals surface area contributed by atoms with Crippen molar-refractivity contribution in [1.82, 2.24) is 0 Å². The predicted octanol–water partition coefficient (Wildman–Crippen LogP) is 2.42. The summed E-state index contributed by atoms with van der Waals surface area (Å²) in [5.41, 5.74) is 1.42. The Hall–Kier alpha value is -1.84. The first-order chi connectivity index (χ1) is 9.08. The Morgan fingerprint density at radius 1 is 1.32 bits per heavy atom. The summed E-state index contributed by atoms with van der Waals surface area (Å²) >= 11 is 0. The van der Waals surface area contributed by atoms with Gasteiger partial charge in [0.15, 0.2) is 11.9 Å². The second kappa shape index (κ2) is 5.87. The number of anilines is 1. The van der Waals surface area contributed by atoms with Crippen LogP contribution in [-0.4, -0.2) is 32.0 Å². The van der Waals surface area contributed by atoms with Gasteiger partial charge in [-0.2, -0.15) is 0 Å². The molecule has 1 atom stereocenters. The van der Waals surface area contributed by atoms with Gasteiger partial charge in [-0.1, -0.05) is 6.07 Å². The van der Waals surface area contributed by atoms with Crippen LogP contribution >= 0.6 is 0 Å². The van der Waals surface area contributed by atoms with E-state index < -0.39 is 12.1 Å². The molecule has 4 nitrogen and oxygen atoms in total. The zero-order valence-electron chi connectivity index (χ0n) is 11.4. The largest absolute Gasteiger partial charge is 0.451 e. The van der Waals surface area contributed by atoms with Crippen LogP contribution in [0.2, 0.25) is 0 Å². The lowest BCUT2D eigenvalue weighted by Crippen LogP contribution is -2.30. The van der Waals surface area contributed by atoms with Crippen LogP contribution in [0.3, 0.4) is 0 Å². The summed E-state index contributed by atoms with van der Waals surface area (Å²) in [5.74, 6) is -0.368. The Bertz CT molecular complexity index is 482. The van der Waals surface area contributed by atoms with E-state index in [1.165, 1.54) is 0 Å². The number of esters is 1. The highest BCUT2D eigenvalue weighted by molar-refractivity contribution is 5.93. The van der Waals surface area contributed by atoms with E-state index in [-0.39, 0.29) is 5.78 Å². The number of hydrogen-bond donors (Lipinski definition) is 0. The molecule has 0 amide bonds. The Labute approximate surface area is 113 Å². The third-order valence-electron chi connectivity index (χ3n) is 3.35. The summed E-state index contributed by atoms with van der Waals surface area (Å²) < 4.78 is 5.32. The quantitative estimate of drug-likeness (QED) is 0.784. The average molecular weight is 261 g/mol. The SMILES string of the molecule is CN(C)c1cccc(C(=O)OC2CCCCC2=O)c1. The van der Waals surface area contributed by atoms with Gasteiger partial charge in [-0.3, -0.25) is 4.79 Å². The summed E-state index contributed by atoms with van der Waals surface area (Å²) in [6.45, 7) is 0. The Morgan fingerprint density at radius 2 is 2.11 bits per heavy atom. The van der Waals surface area contributed by atoms with Crippen molar-refractivity contribution in [1.29, 1.82) is 0 Å². The summed E-state index contributed by atoms with van der Waals surface area (Å²) in [4.78, 5) is 25.6. The number of rotatable bonds is 3. The first kappa shape index (κ1) is 13.6. The molecule has 1 saturated carbocycles. The van der Waals surface area contributed by atoms with Crippen molar-refractivity contribution in [2.75, 3.05) is 19.0 Å². The first-order valence-electron chi connectivity index (χ1n) is 6.59.